The van der Waals surface area contributed by atoms with Crippen molar-refractivity contribution < 1.29 is 4.79 Å². The second-order valence-corrected chi connectivity index (χ2v) is 4.38. The van der Waals surface area contributed by atoms with E-state index in [0.717, 1.165) is 32.7 Å². The van der Waals surface area contributed by atoms with Crippen molar-refractivity contribution in [3.05, 3.63) is 0 Å². The normalized spacial score (nSPS) is 29.5. The second kappa shape index (κ2) is 3.87. The number of hydrogen-bond donors (Lipinski definition) is 1. The number of amides is 1. The third kappa shape index (κ3) is 1.64. The number of carbonyl (C=O) groups excluding carboxylic acids is 1. The lowest BCUT2D eigenvalue weighted by atomic mass is 10.1. The van der Waals surface area contributed by atoms with E-state index in [4.69, 9.17) is 0 Å². The Bertz CT molecular complexity index is 229. The summed E-state index contributed by atoms with van der Waals surface area (Å²) in [5.41, 5.74) is 0. The third-order valence-corrected chi connectivity index (χ3v) is 3.17. The molecule has 0 bridgehead atoms. The highest BCUT2D eigenvalue weighted by Gasteiger charge is 2.36. The lowest BCUT2D eigenvalue weighted by molar-refractivity contribution is -0.144. The molecule has 2 fully saturated rings. The fourth-order valence-electron chi connectivity index (χ4n) is 2.31. The molecule has 1 atom stereocenters. The van der Waals surface area contributed by atoms with Gasteiger partial charge >= 0.3 is 0 Å². The summed E-state index contributed by atoms with van der Waals surface area (Å²) in [7, 11) is 0. The molecule has 4 nitrogen and oxygen atoms in total. The molecule has 0 spiro atoms. The predicted molar refractivity (Wildman–Crippen MR) is 55.1 cm³/mol. The first-order valence-corrected chi connectivity index (χ1v) is 5.45. The lowest BCUT2D eigenvalue weighted by Crippen LogP contribution is -2.65. The van der Waals surface area contributed by atoms with Gasteiger partial charge in [-0.1, -0.05) is 0 Å². The second-order valence-electron chi connectivity index (χ2n) is 4.38. The SMILES string of the molecule is CC(C)N1CCN2CCNCC2C1=O. The summed E-state index contributed by atoms with van der Waals surface area (Å²) < 4.78 is 0. The molecule has 14 heavy (non-hydrogen) atoms. The van der Waals surface area contributed by atoms with E-state index in [1.807, 2.05) is 4.90 Å². The smallest absolute Gasteiger partial charge is 0.241 e. The highest BCUT2D eigenvalue weighted by Crippen LogP contribution is 2.14. The predicted octanol–water partition coefficient (Wildman–Crippen LogP) is -0.489. The van der Waals surface area contributed by atoms with Crippen LogP contribution in [0.25, 0.3) is 0 Å². The molecule has 1 unspecified atom stereocenters. The molecule has 2 aliphatic rings. The average Bonchev–Trinajstić information content (AvgIpc) is 2.18. The Morgan fingerprint density at radius 2 is 2.14 bits per heavy atom. The van der Waals surface area contributed by atoms with Gasteiger partial charge in [-0.15, -0.1) is 0 Å². The van der Waals surface area contributed by atoms with Crippen molar-refractivity contribution in [1.82, 2.24) is 15.1 Å². The zero-order valence-electron chi connectivity index (χ0n) is 8.99. The fourth-order valence-corrected chi connectivity index (χ4v) is 2.31. The zero-order chi connectivity index (χ0) is 10.1. The van der Waals surface area contributed by atoms with Gasteiger partial charge in [0.1, 0.15) is 6.04 Å². The molecular formula is C10H19N3O. The maximum absolute atomic E-state index is 12.0. The van der Waals surface area contributed by atoms with Crippen LogP contribution in [-0.4, -0.2) is 60.5 Å². The minimum Gasteiger partial charge on any atom is -0.338 e. The molecule has 2 aliphatic heterocycles. The number of piperazine rings is 2. The van der Waals surface area contributed by atoms with E-state index in [-0.39, 0.29) is 6.04 Å². The van der Waals surface area contributed by atoms with Crippen molar-refractivity contribution in [1.29, 1.82) is 0 Å². The molecule has 2 heterocycles. The highest BCUT2D eigenvalue weighted by molar-refractivity contribution is 5.83. The summed E-state index contributed by atoms with van der Waals surface area (Å²) >= 11 is 0. The Morgan fingerprint density at radius 1 is 1.36 bits per heavy atom. The van der Waals surface area contributed by atoms with Crippen molar-refractivity contribution in [2.45, 2.75) is 25.9 Å². The Morgan fingerprint density at radius 3 is 2.86 bits per heavy atom. The molecule has 0 aromatic heterocycles. The van der Waals surface area contributed by atoms with E-state index in [2.05, 4.69) is 24.1 Å². The summed E-state index contributed by atoms with van der Waals surface area (Å²) in [6.45, 7) is 8.97. The molecule has 0 saturated carbocycles. The first kappa shape index (κ1) is 9.93. The largest absolute Gasteiger partial charge is 0.338 e. The van der Waals surface area contributed by atoms with Gasteiger partial charge in [-0.3, -0.25) is 9.69 Å². The first-order chi connectivity index (χ1) is 6.70. The average molecular weight is 197 g/mol. The van der Waals surface area contributed by atoms with Crippen LogP contribution >= 0.6 is 0 Å². The van der Waals surface area contributed by atoms with Crippen molar-refractivity contribution in [2.24, 2.45) is 0 Å². The van der Waals surface area contributed by atoms with Gasteiger partial charge in [0.2, 0.25) is 5.91 Å². The molecule has 0 aromatic carbocycles. The molecule has 1 amide bonds. The van der Waals surface area contributed by atoms with Crippen LogP contribution in [0.4, 0.5) is 0 Å². The molecule has 80 valence electrons. The minimum atomic E-state index is 0.0971. The van der Waals surface area contributed by atoms with E-state index < -0.39 is 0 Å². The summed E-state index contributed by atoms with van der Waals surface area (Å²) in [5.74, 6) is 0.304. The van der Waals surface area contributed by atoms with Crippen LogP contribution in [0.15, 0.2) is 0 Å². The van der Waals surface area contributed by atoms with Gasteiger partial charge < -0.3 is 10.2 Å². The molecular weight excluding hydrogens is 178 g/mol. The maximum atomic E-state index is 12.0. The summed E-state index contributed by atoms with van der Waals surface area (Å²) in [4.78, 5) is 16.3. The Balaban J connectivity index is 2.07. The van der Waals surface area contributed by atoms with Gasteiger partial charge in [0.15, 0.2) is 0 Å². The van der Waals surface area contributed by atoms with Crippen molar-refractivity contribution in [3.8, 4) is 0 Å². The first-order valence-electron chi connectivity index (χ1n) is 5.45. The fraction of sp³-hybridized carbons (Fsp3) is 0.900. The molecule has 0 aromatic rings. The Labute approximate surface area is 85.2 Å². The highest BCUT2D eigenvalue weighted by atomic mass is 16.2. The standard InChI is InChI=1S/C10H19N3O/c1-8(2)13-6-5-12-4-3-11-7-9(12)10(13)14/h8-9,11H,3-7H2,1-2H3. The molecule has 2 saturated heterocycles. The molecule has 0 radical (unpaired) electrons. The molecule has 2 rings (SSSR count). The molecule has 0 aliphatic carbocycles. The van der Waals surface area contributed by atoms with Crippen LogP contribution in [0.3, 0.4) is 0 Å². The zero-order valence-corrected chi connectivity index (χ0v) is 8.99. The van der Waals surface area contributed by atoms with E-state index in [1.54, 1.807) is 0 Å². The number of hydrogen-bond acceptors (Lipinski definition) is 3. The van der Waals surface area contributed by atoms with Gasteiger partial charge in [-0.25, -0.2) is 0 Å². The number of carbonyl (C=O) groups is 1. The summed E-state index contributed by atoms with van der Waals surface area (Å²) in [6.07, 6.45) is 0. The molecule has 4 heteroatoms. The van der Waals surface area contributed by atoms with Crippen molar-refractivity contribution in [2.75, 3.05) is 32.7 Å². The van der Waals surface area contributed by atoms with Gasteiger partial charge in [0.05, 0.1) is 0 Å². The van der Waals surface area contributed by atoms with Crippen LogP contribution in [0.1, 0.15) is 13.8 Å². The van der Waals surface area contributed by atoms with E-state index >= 15 is 0 Å². The topological polar surface area (TPSA) is 35.6 Å². The third-order valence-electron chi connectivity index (χ3n) is 3.17. The van der Waals surface area contributed by atoms with Crippen LogP contribution in [0.2, 0.25) is 0 Å². The van der Waals surface area contributed by atoms with Gasteiger partial charge in [-0.2, -0.15) is 0 Å². The number of nitrogens with one attached hydrogen (secondary N) is 1. The Hall–Kier alpha value is -0.610. The lowest BCUT2D eigenvalue weighted by Gasteiger charge is -2.44. The quantitative estimate of drug-likeness (QED) is 0.616. The van der Waals surface area contributed by atoms with Crippen molar-refractivity contribution >= 4 is 5.91 Å². The molecule has 1 N–H and O–H groups in total. The summed E-state index contributed by atoms with van der Waals surface area (Å²) in [6, 6.07) is 0.437. The minimum absolute atomic E-state index is 0.0971. The van der Waals surface area contributed by atoms with Crippen LogP contribution < -0.4 is 5.32 Å². The van der Waals surface area contributed by atoms with Crippen LogP contribution in [-0.2, 0) is 4.79 Å². The number of rotatable bonds is 1. The van der Waals surface area contributed by atoms with Gasteiger partial charge in [0.25, 0.3) is 0 Å². The van der Waals surface area contributed by atoms with E-state index in [1.165, 1.54) is 0 Å². The number of nitrogens with zero attached hydrogens (tertiary/aromatic N) is 2. The van der Waals surface area contributed by atoms with E-state index in [0.29, 0.717) is 11.9 Å². The van der Waals surface area contributed by atoms with Crippen LogP contribution in [0.5, 0.6) is 0 Å². The summed E-state index contributed by atoms with van der Waals surface area (Å²) in [5, 5.41) is 3.28. The van der Waals surface area contributed by atoms with E-state index in [9.17, 15) is 4.79 Å². The number of fused-ring (bicyclic) bond motifs is 1. The Kier molecular flexibility index (Phi) is 2.74. The van der Waals surface area contributed by atoms with Crippen molar-refractivity contribution in [3.63, 3.8) is 0 Å². The van der Waals surface area contributed by atoms with Gasteiger partial charge in [-0.05, 0) is 13.8 Å². The maximum Gasteiger partial charge on any atom is 0.241 e. The van der Waals surface area contributed by atoms with Gasteiger partial charge in [0, 0.05) is 38.8 Å². The van der Waals surface area contributed by atoms with Crippen LogP contribution in [0, 0.1) is 0 Å². The monoisotopic (exact) mass is 197 g/mol.